The Labute approximate surface area is 111 Å². The highest BCUT2D eigenvalue weighted by Crippen LogP contribution is 2.24. The van der Waals surface area contributed by atoms with Crippen LogP contribution >= 0.6 is 15.9 Å². The zero-order valence-electron chi connectivity index (χ0n) is 9.54. The van der Waals surface area contributed by atoms with Gasteiger partial charge in [-0.1, -0.05) is 0 Å². The maximum atomic E-state index is 13.5. The van der Waals surface area contributed by atoms with Gasteiger partial charge < -0.3 is 4.98 Å². The van der Waals surface area contributed by atoms with Gasteiger partial charge in [0.15, 0.2) is 5.65 Å². The Morgan fingerprint density at radius 2 is 2.00 bits per heavy atom. The van der Waals surface area contributed by atoms with Crippen LogP contribution in [0.5, 0.6) is 0 Å². The number of aryl methyl sites for hydroxylation is 1. The molecular weight excluding hydrogens is 297 g/mol. The summed E-state index contributed by atoms with van der Waals surface area (Å²) in [6.45, 7) is 1.91. The van der Waals surface area contributed by atoms with Crippen LogP contribution in [0.3, 0.4) is 0 Å². The fourth-order valence-corrected chi connectivity index (χ4v) is 2.01. The minimum atomic E-state index is -0.308. The SMILES string of the molecule is Cc1ccc2[nH]c(-c3ccc(Br)c(F)c3)nc2n1. The monoisotopic (exact) mass is 305 g/mol. The maximum absolute atomic E-state index is 13.5. The van der Waals surface area contributed by atoms with Gasteiger partial charge >= 0.3 is 0 Å². The van der Waals surface area contributed by atoms with E-state index in [1.807, 2.05) is 19.1 Å². The smallest absolute Gasteiger partial charge is 0.178 e. The summed E-state index contributed by atoms with van der Waals surface area (Å²) in [4.78, 5) is 11.8. The van der Waals surface area contributed by atoms with Crippen molar-refractivity contribution in [3.05, 3.63) is 46.3 Å². The Morgan fingerprint density at radius 3 is 2.78 bits per heavy atom. The van der Waals surface area contributed by atoms with Gasteiger partial charge in [0, 0.05) is 11.3 Å². The van der Waals surface area contributed by atoms with Crippen molar-refractivity contribution in [1.82, 2.24) is 15.0 Å². The van der Waals surface area contributed by atoms with Gasteiger partial charge in [-0.25, -0.2) is 14.4 Å². The zero-order valence-corrected chi connectivity index (χ0v) is 11.1. The van der Waals surface area contributed by atoms with Crippen molar-refractivity contribution in [3.63, 3.8) is 0 Å². The largest absolute Gasteiger partial charge is 0.337 e. The van der Waals surface area contributed by atoms with Crippen LogP contribution in [0.25, 0.3) is 22.6 Å². The standard InChI is InChI=1S/C13H9BrFN3/c1-7-2-5-11-13(16-7)18-12(17-11)8-3-4-9(14)10(15)6-8/h2-6H,1H3,(H,16,17,18). The van der Waals surface area contributed by atoms with E-state index in [4.69, 9.17) is 0 Å². The maximum Gasteiger partial charge on any atom is 0.178 e. The molecule has 0 aliphatic carbocycles. The number of pyridine rings is 1. The molecule has 0 aliphatic heterocycles. The lowest BCUT2D eigenvalue weighted by atomic mass is 10.2. The van der Waals surface area contributed by atoms with Gasteiger partial charge in [-0.2, -0.15) is 0 Å². The normalized spacial score (nSPS) is 11.1. The Hall–Kier alpha value is -1.75. The van der Waals surface area contributed by atoms with Crippen LogP contribution in [0.4, 0.5) is 4.39 Å². The van der Waals surface area contributed by atoms with Crippen molar-refractivity contribution in [2.75, 3.05) is 0 Å². The number of H-pyrrole nitrogens is 1. The molecule has 0 saturated carbocycles. The summed E-state index contributed by atoms with van der Waals surface area (Å²) in [6.07, 6.45) is 0. The zero-order chi connectivity index (χ0) is 12.7. The molecule has 2 heterocycles. The Balaban J connectivity index is 2.16. The van der Waals surface area contributed by atoms with Gasteiger partial charge in [0.05, 0.1) is 9.99 Å². The molecular formula is C13H9BrFN3. The Bertz CT molecular complexity index is 736. The Kier molecular flexibility index (Phi) is 2.63. The molecule has 3 nitrogen and oxygen atoms in total. The van der Waals surface area contributed by atoms with E-state index < -0.39 is 0 Å². The predicted octanol–water partition coefficient (Wildman–Crippen LogP) is 3.83. The molecule has 0 unspecified atom stereocenters. The number of rotatable bonds is 1. The van der Waals surface area contributed by atoms with Crippen LogP contribution in [-0.4, -0.2) is 15.0 Å². The number of nitrogens with zero attached hydrogens (tertiary/aromatic N) is 2. The molecule has 0 atom stereocenters. The summed E-state index contributed by atoms with van der Waals surface area (Å²) in [5.74, 6) is 0.312. The first-order chi connectivity index (χ1) is 8.63. The highest BCUT2D eigenvalue weighted by molar-refractivity contribution is 9.10. The van der Waals surface area contributed by atoms with Gasteiger partial charge in [-0.05, 0) is 53.2 Å². The van der Waals surface area contributed by atoms with Crippen molar-refractivity contribution in [2.24, 2.45) is 0 Å². The van der Waals surface area contributed by atoms with Crippen LogP contribution < -0.4 is 0 Å². The average Bonchev–Trinajstić information content (AvgIpc) is 2.75. The summed E-state index contributed by atoms with van der Waals surface area (Å²) in [7, 11) is 0. The number of aromatic nitrogens is 3. The minimum Gasteiger partial charge on any atom is -0.337 e. The first kappa shape index (κ1) is 11.3. The molecule has 0 bridgehead atoms. The van der Waals surface area contributed by atoms with E-state index in [-0.39, 0.29) is 5.82 Å². The Morgan fingerprint density at radius 1 is 1.17 bits per heavy atom. The molecule has 0 fully saturated rings. The van der Waals surface area contributed by atoms with E-state index in [1.165, 1.54) is 6.07 Å². The van der Waals surface area contributed by atoms with Crippen molar-refractivity contribution >= 4 is 27.1 Å². The minimum absolute atomic E-state index is 0.308. The van der Waals surface area contributed by atoms with Crippen LogP contribution in [0.15, 0.2) is 34.8 Å². The van der Waals surface area contributed by atoms with Gasteiger partial charge in [-0.15, -0.1) is 0 Å². The molecule has 0 radical (unpaired) electrons. The van der Waals surface area contributed by atoms with Crippen molar-refractivity contribution < 1.29 is 4.39 Å². The molecule has 2 aromatic heterocycles. The fourth-order valence-electron chi connectivity index (χ4n) is 1.77. The lowest BCUT2D eigenvalue weighted by Gasteiger charge is -1.98. The van der Waals surface area contributed by atoms with Crippen molar-refractivity contribution in [1.29, 1.82) is 0 Å². The molecule has 18 heavy (non-hydrogen) atoms. The molecule has 0 amide bonds. The first-order valence-corrected chi connectivity index (χ1v) is 6.21. The van der Waals surface area contributed by atoms with Crippen molar-refractivity contribution in [3.8, 4) is 11.4 Å². The van der Waals surface area contributed by atoms with E-state index in [1.54, 1.807) is 12.1 Å². The molecule has 1 aromatic carbocycles. The van der Waals surface area contributed by atoms with Gasteiger partial charge in [0.25, 0.3) is 0 Å². The first-order valence-electron chi connectivity index (χ1n) is 5.42. The second-order valence-corrected chi connectivity index (χ2v) is 4.89. The number of halogens is 2. The summed E-state index contributed by atoms with van der Waals surface area (Å²) >= 11 is 3.13. The second-order valence-electron chi connectivity index (χ2n) is 4.04. The number of nitrogens with one attached hydrogen (secondary N) is 1. The van der Waals surface area contributed by atoms with Crippen LogP contribution in [0.2, 0.25) is 0 Å². The van der Waals surface area contributed by atoms with E-state index in [0.717, 1.165) is 11.2 Å². The quantitative estimate of drug-likeness (QED) is 0.742. The predicted molar refractivity (Wildman–Crippen MR) is 71.7 cm³/mol. The van der Waals surface area contributed by atoms with Gasteiger partial charge in [0.1, 0.15) is 11.6 Å². The summed E-state index contributed by atoms with van der Waals surface area (Å²) in [6, 6.07) is 8.73. The molecule has 0 saturated heterocycles. The number of fused-ring (bicyclic) bond motifs is 1. The number of hydrogen-bond acceptors (Lipinski definition) is 2. The van der Waals surface area contributed by atoms with Crippen LogP contribution in [0, 0.1) is 12.7 Å². The van der Waals surface area contributed by atoms with Crippen LogP contribution in [0.1, 0.15) is 5.69 Å². The van der Waals surface area contributed by atoms with Gasteiger partial charge in [0.2, 0.25) is 0 Å². The number of benzene rings is 1. The summed E-state index contributed by atoms with van der Waals surface area (Å²) in [5, 5.41) is 0. The highest BCUT2D eigenvalue weighted by Gasteiger charge is 2.08. The molecule has 90 valence electrons. The number of hydrogen-bond donors (Lipinski definition) is 1. The third-order valence-electron chi connectivity index (χ3n) is 2.68. The lowest BCUT2D eigenvalue weighted by Crippen LogP contribution is -1.83. The molecule has 1 N–H and O–H groups in total. The third-order valence-corrected chi connectivity index (χ3v) is 3.32. The molecule has 5 heteroatoms. The average molecular weight is 306 g/mol. The summed E-state index contributed by atoms with van der Waals surface area (Å²) < 4.78 is 13.9. The summed E-state index contributed by atoms with van der Waals surface area (Å²) in [5.41, 5.74) is 3.10. The molecule has 3 aromatic rings. The highest BCUT2D eigenvalue weighted by atomic mass is 79.9. The van der Waals surface area contributed by atoms with Crippen molar-refractivity contribution in [2.45, 2.75) is 6.92 Å². The van der Waals surface area contributed by atoms with E-state index in [2.05, 4.69) is 30.9 Å². The molecule has 0 aliphatic rings. The molecule has 3 rings (SSSR count). The lowest BCUT2D eigenvalue weighted by molar-refractivity contribution is 0.621. The second kappa shape index (κ2) is 4.17. The van der Waals surface area contributed by atoms with E-state index in [0.29, 0.717) is 21.5 Å². The topological polar surface area (TPSA) is 41.6 Å². The van der Waals surface area contributed by atoms with E-state index >= 15 is 0 Å². The third kappa shape index (κ3) is 1.90. The van der Waals surface area contributed by atoms with Crippen LogP contribution in [-0.2, 0) is 0 Å². The number of aromatic amines is 1. The molecule has 0 spiro atoms. The fraction of sp³-hybridized carbons (Fsp3) is 0.0769. The van der Waals surface area contributed by atoms with E-state index in [9.17, 15) is 4.39 Å². The van der Waals surface area contributed by atoms with Gasteiger partial charge in [-0.3, -0.25) is 0 Å². The number of imidazole rings is 1.